The number of anilines is 1. The molecule has 0 bridgehead atoms. The van der Waals surface area contributed by atoms with Crippen LogP contribution in [0.3, 0.4) is 0 Å². The van der Waals surface area contributed by atoms with Crippen LogP contribution in [0.4, 0.5) is 5.69 Å². The average Bonchev–Trinajstić information content (AvgIpc) is 2.78. The largest absolute Gasteiger partial charge is 0.274 e. The van der Waals surface area contributed by atoms with E-state index < -0.39 is 0 Å². The minimum Gasteiger partial charge on any atom is -0.274 e. The van der Waals surface area contributed by atoms with Gasteiger partial charge in [0, 0.05) is 10.9 Å². The molecule has 0 saturated carbocycles. The molecule has 0 N–H and O–H groups in total. The Morgan fingerprint density at radius 1 is 1.10 bits per heavy atom. The van der Waals surface area contributed by atoms with Gasteiger partial charge in [-0.3, -0.25) is 9.59 Å². The van der Waals surface area contributed by atoms with E-state index in [9.17, 15) is 9.59 Å². The van der Waals surface area contributed by atoms with Gasteiger partial charge in [0.2, 0.25) is 11.8 Å². The lowest BCUT2D eigenvalue weighted by atomic mass is 9.98. The van der Waals surface area contributed by atoms with E-state index in [-0.39, 0.29) is 24.2 Å². The lowest BCUT2D eigenvalue weighted by Gasteiger charge is -2.18. The van der Waals surface area contributed by atoms with Gasteiger partial charge in [0.25, 0.3) is 0 Å². The summed E-state index contributed by atoms with van der Waals surface area (Å²) in [5.74, 6) is -0.667. The first-order valence-electron chi connectivity index (χ1n) is 6.76. The van der Waals surface area contributed by atoms with Crippen molar-refractivity contribution in [3.05, 3.63) is 64.1 Å². The Kier molecular flexibility index (Phi) is 3.64. The van der Waals surface area contributed by atoms with Crippen molar-refractivity contribution in [3.63, 3.8) is 0 Å². The Morgan fingerprint density at radius 2 is 1.81 bits per heavy atom. The summed E-state index contributed by atoms with van der Waals surface area (Å²) in [6.07, 6.45) is 0.231. The number of hydrogen-bond donors (Lipinski definition) is 0. The number of imide groups is 1. The second-order valence-corrected chi connectivity index (χ2v) is 6.08. The van der Waals surface area contributed by atoms with E-state index in [1.807, 2.05) is 55.5 Å². The van der Waals surface area contributed by atoms with Crippen molar-refractivity contribution in [2.75, 3.05) is 4.90 Å². The fourth-order valence-corrected chi connectivity index (χ4v) is 3.00. The van der Waals surface area contributed by atoms with Gasteiger partial charge in [-0.2, -0.15) is 0 Å². The zero-order chi connectivity index (χ0) is 15.0. The molecule has 1 aliphatic rings. The van der Waals surface area contributed by atoms with E-state index in [2.05, 4.69) is 15.9 Å². The smallest absolute Gasteiger partial charge is 0.241 e. The third-order valence-electron chi connectivity index (χ3n) is 3.76. The third kappa shape index (κ3) is 2.51. The number of benzene rings is 2. The monoisotopic (exact) mass is 343 g/mol. The fourth-order valence-electron chi connectivity index (χ4n) is 2.65. The SMILES string of the molecule is Cc1ccc(Br)cc1N1C(=O)CC(c2ccccc2)C1=O. The first kappa shape index (κ1) is 14.0. The standard InChI is InChI=1S/C17H14BrNO2/c1-11-7-8-13(18)9-15(11)19-16(20)10-14(17(19)21)12-5-3-2-4-6-12/h2-9,14H,10H2,1H3. The number of amides is 2. The fraction of sp³-hybridized carbons (Fsp3) is 0.176. The summed E-state index contributed by atoms with van der Waals surface area (Å²) in [5.41, 5.74) is 2.47. The molecule has 2 amide bonds. The molecule has 1 saturated heterocycles. The second kappa shape index (κ2) is 5.45. The van der Waals surface area contributed by atoms with Crippen molar-refractivity contribution < 1.29 is 9.59 Å². The first-order chi connectivity index (χ1) is 10.1. The van der Waals surface area contributed by atoms with Crippen LogP contribution in [0.15, 0.2) is 53.0 Å². The van der Waals surface area contributed by atoms with Crippen LogP contribution >= 0.6 is 15.9 Å². The summed E-state index contributed by atoms with van der Waals surface area (Å²) < 4.78 is 0.854. The van der Waals surface area contributed by atoms with Crippen molar-refractivity contribution in [2.24, 2.45) is 0 Å². The van der Waals surface area contributed by atoms with E-state index in [1.165, 1.54) is 4.90 Å². The average molecular weight is 344 g/mol. The maximum absolute atomic E-state index is 12.7. The molecule has 1 fully saturated rings. The van der Waals surface area contributed by atoms with E-state index in [4.69, 9.17) is 0 Å². The van der Waals surface area contributed by atoms with Crippen molar-refractivity contribution in [1.82, 2.24) is 0 Å². The van der Waals surface area contributed by atoms with Gasteiger partial charge >= 0.3 is 0 Å². The molecule has 106 valence electrons. The van der Waals surface area contributed by atoms with E-state index >= 15 is 0 Å². The minimum absolute atomic E-state index is 0.143. The lowest BCUT2D eigenvalue weighted by molar-refractivity contribution is -0.121. The van der Waals surface area contributed by atoms with Crippen LogP contribution < -0.4 is 4.90 Å². The number of hydrogen-bond acceptors (Lipinski definition) is 2. The molecule has 1 unspecified atom stereocenters. The van der Waals surface area contributed by atoms with Crippen LogP contribution in [0.25, 0.3) is 0 Å². The predicted octanol–water partition coefficient (Wildman–Crippen LogP) is 3.80. The topological polar surface area (TPSA) is 37.4 Å². The maximum atomic E-state index is 12.7. The number of aryl methyl sites for hydroxylation is 1. The van der Waals surface area contributed by atoms with E-state index in [1.54, 1.807) is 0 Å². The normalized spacial score (nSPS) is 18.4. The van der Waals surface area contributed by atoms with Crippen LogP contribution in [-0.4, -0.2) is 11.8 Å². The maximum Gasteiger partial charge on any atom is 0.241 e. The van der Waals surface area contributed by atoms with Crippen molar-refractivity contribution >= 4 is 33.4 Å². The molecule has 0 aliphatic carbocycles. The molecule has 1 atom stereocenters. The lowest BCUT2D eigenvalue weighted by Crippen LogP contribution is -2.30. The highest BCUT2D eigenvalue weighted by molar-refractivity contribution is 9.10. The Labute approximate surface area is 131 Å². The molecule has 2 aromatic carbocycles. The quantitative estimate of drug-likeness (QED) is 0.777. The minimum atomic E-state index is -0.378. The van der Waals surface area contributed by atoms with E-state index in [0.29, 0.717) is 5.69 Å². The summed E-state index contributed by atoms with van der Waals surface area (Å²) in [4.78, 5) is 26.3. The summed E-state index contributed by atoms with van der Waals surface area (Å²) in [5, 5.41) is 0. The zero-order valence-corrected chi connectivity index (χ0v) is 13.1. The third-order valence-corrected chi connectivity index (χ3v) is 4.25. The predicted molar refractivity (Wildman–Crippen MR) is 85.2 cm³/mol. The summed E-state index contributed by atoms with van der Waals surface area (Å²) in [7, 11) is 0. The van der Waals surface area contributed by atoms with Gasteiger partial charge in [-0.25, -0.2) is 4.90 Å². The van der Waals surface area contributed by atoms with Gasteiger partial charge in [-0.1, -0.05) is 52.3 Å². The molecule has 2 aromatic rings. The number of halogens is 1. The number of carbonyl (C=O) groups is 2. The van der Waals surface area contributed by atoms with Crippen LogP contribution in [0.5, 0.6) is 0 Å². The highest BCUT2D eigenvalue weighted by Gasteiger charge is 2.40. The highest BCUT2D eigenvalue weighted by Crippen LogP contribution is 2.35. The molecule has 21 heavy (non-hydrogen) atoms. The summed E-state index contributed by atoms with van der Waals surface area (Å²) >= 11 is 3.39. The Balaban J connectivity index is 2.00. The molecule has 0 aromatic heterocycles. The molecule has 4 heteroatoms. The van der Waals surface area contributed by atoms with Gasteiger partial charge in [-0.15, -0.1) is 0 Å². The van der Waals surface area contributed by atoms with Gasteiger partial charge < -0.3 is 0 Å². The molecular formula is C17H14BrNO2. The molecule has 1 aliphatic heterocycles. The molecule has 3 nitrogen and oxygen atoms in total. The molecule has 0 radical (unpaired) electrons. The molecular weight excluding hydrogens is 330 g/mol. The van der Waals surface area contributed by atoms with Crippen LogP contribution in [-0.2, 0) is 9.59 Å². The second-order valence-electron chi connectivity index (χ2n) is 5.17. The van der Waals surface area contributed by atoms with Crippen molar-refractivity contribution in [3.8, 4) is 0 Å². The first-order valence-corrected chi connectivity index (χ1v) is 7.55. The van der Waals surface area contributed by atoms with Crippen LogP contribution in [0.2, 0.25) is 0 Å². The highest BCUT2D eigenvalue weighted by atomic mass is 79.9. The van der Waals surface area contributed by atoms with Crippen LogP contribution in [0.1, 0.15) is 23.5 Å². The molecule has 1 heterocycles. The molecule has 3 rings (SSSR count). The molecule has 0 spiro atoms. The van der Waals surface area contributed by atoms with E-state index in [0.717, 1.165) is 15.6 Å². The van der Waals surface area contributed by atoms with Gasteiger partial charge in [0.1, 0.15) is 0 Å². The number of carbonyl (C=O) groups excluding carboxylic acids is 2. The van der Waals surface area contributed by atoms with Gasteiger partial charge in [0.05, 0.1) is 11.6 Å². The Bertz CT molecular complexity index is 712. The van der Waals surface area contributed by atoms with Gasteiger partial charge in [0.15, 0.2) is 0 Å². The summed E-state index contributed by atoms with van der Waals surface area (Å²) in [6.45, 7) is 1.90. The van der Waals surface area contributed by atoms with Gasteiger partial charge in [-0.05, 0) is 30.2 Å². The van der Waals surface area contributed by atoms with Crippen LogP contribution in [0, 0.1) is 6.92 Å². The summed E-state index contributed by atoms with van der Waals surface area (Å²) in [6, 6.07) is 15.1. The Morgan fingerprint density at radius 3 is 2.52 bits per heavy atom. The number of rotatable bonds is 2. The van der Waals surface area contributed by atoms with Crippen molar-refractivity contribution in [2.45, 2.75) is 19.3 Å². The zero-order valence-electron chi connectivity index (χ0n) is 11.5. The Hall–Kier alpha value is -1.94. The number of nitrogens with zero attached hydrogens (tertiary/aromatic N) is 1. The van der Waals surface area contributed by atoms with Crippen molar-refractivity contribution in [1.29, 1.82) is 0 Å².